The number of amides is 2. The molecular formula is C32H40ClN3O6S. The van der Waals surface area contributed by atoms with Gasteiger partial charge < -0.3 is 19.7 Å². The van der Waals surface area contributed by atoms with E-state index in [2.05, 4.69) is 5.32 Å². The summed E-state index contributed by atoms with van der Waals surface area (Å²) in [4.78, 5) is 28.7. The molecular weight excluding hydrogens is 590 g/mol. The van der Waals surface area contributed by atoms with Crippen LogP contribution in [-0.4, -0.2) is 57.5 Å². The fraction of sp³-hybridized carbons (Fsp3) is 0.375. The number of carbonyl (C=O) groups is 2. The first-order valence-corrected chi connectivity index (χ1v) is 15.6. The maximum atomic E-state index is 14.2. The highest BCUT2D eigenvalue weighted by Crippen LogP contribution is 2.33. The van der Waals surface area contributed by atoms with Crippen molar-refractivity contribution in [3.05, 3.63) is 82.4 Å². The molecule has 11 heteroatoms. The lowest BCUT2D eigenvalue weighted by atomic mass is 10.1. The Hall–Kier alpha value is -3.76. The van der Waals surface area contributed by atoms with Crippen molar-refractivity contribution < 1.29 is 27.5 Å². The largest absolute Gasteiger partial charge is 0.493 e. The lowest BCUT2D eigenvalue weighted by molar-refractivity contribution is -0.140. The standard InChI is InChI=1S/C32H40ClN3O6S/c1-21-15-22(2)17-25(16-21)36(43(39,40)26-13-14-28(41-7)29(18-26)42-8)20-30(37)35(19-24-11-9-10-12-27(24)33)23(3)31(38)34-32(4,5)6/h9-18,23H,19-20H2,1-8H3,(H,34,38)/t23-/m0/s1. The van der Waals surface area contributed by atoms with E-state index in [0.717, 1.165) is 15.4 Å². The molecule has 0 spiro atoms. The number of nitrogens with one attached hydrogen (secondary N) is 1. The number of ether oxygens (including phenoxy) is 2. The minimum atomic E-state index is -4.31. The predicted molar refractivity (Wildman–Crippen MR) is 169 cm³/mol. The molecule has 0 radical (unpaired) electrons. The molecule has 0 aliphatic heterocycles. The number of carbonyl (C=O) groups excluding carboxylic acids is 2. The molecule has 3 aromatic carbocycles. The quantitative estimate of drug-likeness (QED) is 0.300. The summed E-state index contributed by atoms with van der Waals surface area (Å²) in [6.45, 7) is 10.3. The van der Waals surface area contributed by atoms with E-state index < -0.39 is 34.1 Å². The number of nitrogens with zero attached hydrogens (tertiary/aromatic N) is 2. The van der Waals surface area contributed by atoms with Gasteiger partial charge in [-0.25, -0.2) is 8.42 Å². The zero-order valence-corrected chi connectivity index (χ0v) is 27.5. The van der Waals surface area contributed by atoms with Crippen LogP contribution in [0.15, 0.2) is 65.6 Å². The van der Waals surface area contributed by atoms with E-state index in [1.54, 1.807) is 43.3 Å². The average molecular weight is 630 g/mol. The van der Waals surface area contributed by atoms with E-state index in [1.807, 2.05) is 40.7 Å². The van der Waals surface area contributed by atoms with E-state index in [9.17, 15) is 18.0 Å². The summed E-state index contributed by atoms with van der Waals surface area (Å²) in [5, 5.41) is 3.33. The van der Waals surface area contributed by atoms with E-state index in [1.165, 1.54) is 37.3 Å². The summed E-state index contributed by atoms with van der Waals surface area (Å²) >= 11 is 6.44. The van der Waals surface area contributed by atoms with Crippen LogP contribution < -0.4 is 19.1 Å². The van der Waals surface area contributed by atoms with Crippen LogP contribution in [0.1, 0.15) is 44.4 Å². The van der Waals surface area contributed by atoms with Crippen molar-refractivity contribution in [3.63, 3.8) is 0 Å². The van der Waals surface area contributed by atoms with Gasteiger partial charge in [-0.15, -0.1) is 0 Å². The van der Waals surface area contributed by atoms with Crippen molar-refractivity contribution in [2.24, 2.45) is 0 Å². The number of sulfonamides is 1. The Morgan fingerprint density at radius 3 is 2.09 bits per heavy atom. The van der Waals surface area contributed by atoms with Crippen molar-refractivity contribution in [1.82, 2.24) is 10.2 Å². The number of methoxy groups -OCH3 is 2. The zero-order chi connectivity index (χ0) is 32.1. The number of halogens is 1. The van der Waals surface area contributed by atoms with Gasteiger partial charge in [-0.3, -0.25) is 13.9 Å². The predicted octanol–water partition coefficient (Wildman–Crippen LogP) is 5.50. The van der Waals surface area contributed by atoms with Crippen LogP contribution in [0.5, 0.6) is 11.5 Å². The van der Waals surface area contributed by atoms with Crippen LogP contribution in [-0.2, 0) is 26.2 Å². The number of rotatable bonds is 11. The third kappa shape index (κ3) is 8.42. The highest BCUT2D eigenvalue weighted by Gasteiger charge is 2.34. The molecule has 43 heavy (non-hydrogen) atoms. The molecule has 0 aliphatic rings. The Morgan fingerprint density at radius 1 is 0.930 bits per heavy atom. The highest BCUT2D eigenvalue weighted by molar-refractivity contribution is 7.92. The number of hydrogen-bond donors (Lipinski definition) is 1. The van der Waals surface area contributed by atoms with Crippen LogP contribution in [0.4, 0.5) is 5.69 Å². The second kappa shape index (κ2) is 13.7. The van der Waals surface area contributed by atoms with Gasteiger partial charge in [-0.2, -0.15) is 0 Å². The van der Waals surface area contributed by atoms with Crippen molar-refractivity contribution in [2.45, 2.75) is 64.6 Å². The van der Waals surface area contributed by atoms with Crippen molar-refractivity contribution in [2.75, 3.05) is 25.1 Å². The molecule has 0 bridgehead atoms. The Bertz CT molecular complexity index is 1570. The molecule has 0 aromatic heterocycles. The smallest absolute Gasteiger partial charge is 0.264 e. The number of benzene rings is 3. The SMILES string of the molecule is COc1ccc(S(=O)(=O)N(CC(=O)N(Cc2ccccc2Cl)[C@@H](C)C(=O)NC(C)(C)C)c2cc(C)cc(C)c2)cc1OC. The zero-order valence-electron chi connectivity index (χ0n) is 25.9. The van der Waals surface area contributed by atoms with Gasteiger partial charge in [0.2, 0.25) is 11.8 Å². The maximum Gasteiger partial charge on any atom is 0.264 e. The summed E-state index contributed by atoms with van der Waals surface area (Å²) < 4.78 is 40.2. The molecule has 3 aromatic rings. The van der Waals surface area contributed by atoms with E-state index in [4.69, 9.17) is 21.1 Å². The fourth-order valence-electron chi connectivity index (χ4n) is 4.59. The van der Waals surface area contributed by atoms with Crippen LogP contribution in [0.2, 0.25) is 5.02 Å². The molecule has 0 saturated carbocycles. The molecule has 2 amide bonds. The van der Waals surface area contributed by atoms with Crippen molar-refractivity contribution in [1.29, 1.82) is 0 Å². The lowest BCUT2D eigenvalue weighted by Gasteiger charge is -2.33. The monoisotopic (exact) mass is 629 g/mol. The van der Waals surface area contributed by atoms with Gasteiger partial charge in [0.15, 0.2) is 11.5 Å². The molecule has 0 saturated heterocycles. The first-order chi connectivity index (χ1) is 20.1. The van der Waals surface area contributed by atoms with Crippen molar-refractivity contribution >= 4 is 39.1 Å². The summed E-state index contributed by atoms with van der Waals surface area (Å²) in [5.74, 6) is -0.378. The maximum absolute atomic E-state index is 14.2. The summed E-state index contributed by atoms with van der Waals surface area (Å²) in [6.07, 6.45) is 0. The van der Waals surface area contributed by atoms with Crippen LogP contribution in [0.25, 0.3) is 0 Å². The van der Waals surface area contributed by atoms with Gasteiger partial charge in [-0.1, -0.05) is 35.9 Å². The van der Waals surface area contributed by atoms with Gasteiger partial charge in [0.05, 0.1) is 24.8 Å². The Morgan fingerprint density at radius 2 is 1.53 bits per heavy atom. The van der Waals surface area contributed by atoms with Gasteiger partial charge in [0.25, 0.3) is 10.0 Å². The van der Waals surface area contributed by atoms with Gasteiger partial charge in [-0.05, 0) is 88.6 Å². The van der Waals surface area contributed by atoms with Crippen LogP contribution in [0.3, 0.4) is 0 Å². The Balaban J connectivity index is 2.13. The third-order valence-corrected chi connectivity index (χ3v) is 8.82. The molecule has 0 aliphatic carbocycles. The summed E-state index contributed by atoms with van der Waals surface area (Å²) in [6, 6.07) is 15.6. The first kappa shape index (κ1) is 33.7. The molecule has 1 atom stereocenters. The van der Waals surface area contributed by atoms with E-state index in [-0.39, 0.29) is 23.1 Å². The van der Waals surface area contributed by atoms with Gasteiger partial charge in [0, 0.05) is 23.2 Å². The van der Waals surface area contributed by atoms with Gasteiger partial charge in [0.1, 0.15) is 12.6 Å². The molecule has 3 rings (SSSR count). The summed E-state index contributed by atoms with van der Waals surface area (Å²) in [5.41, 5.74) is 2.02. The lowest BCUT2D eigenvalue weighted by Crippen LogP contribution is -2.54. The minimum Gasteiger partial charge on any atom is -0.493 e. The molecule has 9 nitrogen and oxygen atoms in total. The number of anilines is 1. The minimum absolute atomic E-state index is 0.00563. The topological polar surface area (TPSA) is 105 Å². The van der Waals surface area contributed by atoms with Crippen molar-refractivity contribution in [3.8, 4) is 11.5 Å². The third-order valence-electron chi connectivity index (χ3n) is 6.68. The fourth-order valence-corrected chi connectivity index (χ4v) is 6.20. The Kier molecular flexibility index (Phi) is 10.7. The summed E-state index contributed by atoms with van der Waals surface area (Å²) in [7, 11) is -1.44. The molecule has 232 valence electrons. The second-order valence-electron chi connectivity index (χ2n) is 11.4. The Labute approximate surface area is 259 Å². The van der Waals surface area contributed by atoms with Gasteiger partial charge >= 0.3 is 0 Å². The second-order valence-corrected chi connectivity index (χ2v) is 13.7. The molecule has 0 heterocycles. The first-order valence-electron chi connectivity index (χ1n) is 13.8. The molecule has 1 N–H and O–H groups in total. The molecule has 0 unspecified atom stereocenters. The van der Waals surface area contributed by atoms with E-state index in [0.29, 0.717) is 22.0 Å². The normalized spacial score (nSPS) is 12.3. The molecule has 0 fully saturated rings. The number of hydrogen-bond acceptors (Lipinski definition) is 6. The highest BCUT2D eigenvalue weighted by atomic mass is 35.5. The van der Waals surface area contributed by atoms with Crippen LogP contribution >= 0.6 is 11.6 Å². The van der Waals surface area contributed by atoms with Crippen LogP contribution in [0, 0.1) is 13.8 Å². The van der Waals surface area contributed by atoms with E-state index >= 15 is 0 Å². The number of aryl methyl sites for hydroxylation is 2. The average Bonchev–Trinajstić information content (AvgIpc) is 2.92.